The molecule has 2 aliphatic rings. The molecule has 1 N–H and O–H groups in total. The predicted octanol–water partition coefficient (Wildman–Crippen LogP) is 1.36. The lowest BCUT2D eigenvalue weighted by atomic mass is 9.85. The highest BCUT2D eigenvalue weighted by Gasteiger charge is 2.46. The molecular formula is C16H25N3O3S. The Kier molecular flexibility index (Phi) is 4.51. The van der Waals surface area contributed by atoms with Gasteiger partial charge in [0.25, 0.3) is 0 Å². The van der Waals surface area contributed by atoms with E-state index in [1.807, 2.05) is 23.2 Å². The van der Waals surface area contributed by atoms with Crippen molar-refractivity contribution in [1.29, 1.82) is 0 Å². The van der Waals surface area contributed by atoms with Crippen LogP contribution >= 0.6 is 0 Å². The summed E-state index contributed by atoms with van der Waals surface area (Å²) in [6.45, 7) is 1.86. The van der Waals surface area contributed by atoms with Gasteiger partial charge >= 0.3 is 0 Å². The fourth-order valence-electron chi connectivity index (χ4n) is 3.98. The number of carbonyl (C=O) groups is 1. The lowest BCUT2D eigenvalue weighted by Gasteiger charge is -2.44. The van der Waals surface area contributed by atoms with E-state index in [2.05, 4.69) is 4.98 Å². The minimum Gasteiger partial charge on any atom is -0.365 e. The first-order valence-electron chi connectivity index (χ1n) is 8.29. The molecule has 2 saturated heterocycles. The van der Waals surface area contributed by atoms with E-state index in [9.17, 15) is 13.2 Å². The number of piperidine rings is 1. The van der Waals surface area contributed by atoms with Crippen LogP contribution in [0.1, 0.15) is 37.8 Å². The van der Waals surface area contributed by atoms with Gasteiger partial charge < -0.3 is 9.88 Å². The molecule has 1 aromatic rings. The lowest BCUT2D eigenvalue weighted by molar-refractivity contribution is -0.136. The molecule has 6 nitrogen and oxygen atoms in total. The minimum absolute atomic E-state index is 0.117. The molecule has 0 unspecified atom stereocenters. The van der Waals surface area contributed by atoms with E-state index in [1.165, 1.54) is 10.6 Å². The zero-order chi connectivity index (χ0) is 16.5. The number of amides is 1. The Bertz CT molecular complexity index is 646. The van der Waals surface area contributed by atoms with Crippen LogP contribution in [0.15, 0.2) is 18.3 Å². The van der Waals surface area contributed by atoms with Gasteiger partial charge in [0.05, 0.1) is 6.26 Å². The van der Waals surface area contributed by atoms with Crippen molar-refractivity contribution < 1.29 is 13.2 Å². The monoisotopic (exact) mass is 339 g/mol. The van der Waals surface area contributed by atoms with Gasteiger partial charge in [-0.2, -0.15) is 0 Å². The number of H-pyrrole nitrogens is 1. The summed E-state index contributed by atoms with van der Waals surface area (Å²) in [6, 6.07) is 3.94. The first-order valence-corrected chi connectivity index (χ1v) is 10.1. The molecule has 0 atom stereocenters. The van der Waals surface area contributed by atoms with Crippen LogP contribution in [0.3, 0.4) is 0 Å². The molecule has 0 aromatic carbocycles. The molecule has 7 heteroatoms. The van der Waals surface area contributed by atoms with Crippen molar-refractivity contribution >= 4 is 15.9 Å². The number of nitrogens with zero attached hydrogens (tertiary/aromatic N) is 2. The van der Waals surface area contributed by atoms with Crippen LogP contribution in [0.5, 0.6) is 0 Å². The molecule has 2 aliphatic heterocycles. The fourth-order valence-corrected chi connectivity index (χ4v) is 4.83. The van der Waals surface area contributed by atoms with E-state index in [0.717, 1.165) is 44.3 Å². The molecule has 1 spiro atoms. The quantitative estimate of drug-likeness (QED) is 0.900. The number of aromatic nitrogens is 1. The Balaban J connectivity index is 1.62. The maximum Gasteiger partial charge on any atom is 0.223 e. The molecule has 23 heavy (non-hydrogen) atoms. The van der Waals surface area contributed by atoms with E-state index >= 15 is 0 Å². The number of sulfonamides is 1. The van der Waals surface area contributed by atoms with Gasteiger partial charge in [-0.3, -0.25) is 4.79 Å². The Labute approximate surface area is 137 Å². The van der Waals surface area contributed by atoms with Crippen LogP contribution in [0.4, 0.5) is 0 Å². The molecule has 2 fully saturated rings. The Morgan fingerprint density at radius 3 is 2.61 bits per heavy atom. The first kappa shape index (κ1) is 16.5. The summed E-state index contributed by atoms with van der Waals surface area (Å²) in [4.78, 5) is 17.8. The van der Waals surface area contributed by atoms with Gasteiger partial charge in [0, 0.05) is 43.5 Å². The third kappa shape index (κ3) is 3.45. The second-order valence-corrected chi connectivity index (χ2v) is 8.71. The van der Waals surface area contributed by atoms with Crippen molar-refractivity contribution in [3.63, 3.8) is 0 Å². The highest BCUT2D eigenvalue weighted by atomic mass is 32.2. The second kappa shape index (κ2) is 6.28. The molecule has 1 amide bonds. The van der Waals surface area contributed by atoms with Gasteiger partial charge in [-0.1, -0.05) is 0 Å². The maximum absolute atomic E-state index is 12.7. The molecule has 0 bridgehead atoms. The largest absolute Gasteiger partial charge is 0.365 e. The summed E-state index contributed by atoms with van der Waals surface area (Å²) in [5, 5.41) is 0. The van der Waals surface area contributed by atoms with E-state index in [1.54, 1.807) is 0 Å². The summed E-state index contributed by atoms with van der Waals surface area (Å²) in [5.74, 6) is 0.199. The average Bonchev–Trinajstić information content (AvgIpc) is 3.14. The third-order valence-corrected chi connectivity index (χ3v) is 6.59. The number of hydrogen-bond acceptors (Lipinski definition) is 3. The van der Waals surface area contributed by atoms with Crippen molar-refractivity contribution in [2.75, 3.05) is 25.9 Å². The van der Waals surface area contributed by atoms with Crippen LogP contribution in [0.2, 0.25) is 0 Å². The van der Waals surface area contributed by atoms with Crippen molar-refractivity contribution in [2.24, 2.45) is 0 Å². The maximum atomic E-state index is 12.7. The number of carbonyl (C=O) groups excluding carboxylic acids is 1. The first-order chi connectivity index (χ1) is 10.9. The minimum atomic E-state index is -3.12. The van der Waals surface area contributed by atoms with Gasteiger partial charge in [0.15, 0.2) is 0 Å². The molecule has 0 aliphatic carbocycles. The molecule has 128 valence electrons. The normalized spacial score (nSPS) is 21.9. The van der Waals surface area contributed by atoms with Gasteiger partial charge in [0.1, 0.15) is 0 Å². The van der Waals surface area contributed by atoms with E-state index in [0.29, 0.717) is 19.5 Å². The molecule has 0 saturated carbocycles. The standard InChI is InChI=1S/C16H25N3O3S/c1-23(21,22)18-12-8-16(9-13-18)7-3-11-19(16)15(20)6-5-14-4-2-10-17-14/h2,4,10,17H,3,5-9,11-13H2,1H3. The Morgan fingerprint density at radius 1 is 1.26 bits per heavy atom. The van der Waals surface area contributed by atoms with Crippen molar-refractivity contribution in [3.05, 3.63) is 24.0 Å². The van der Waals surface area contributed by atoms with Crippen molar-refractivity contribution in [2.45, 2.75) is 44.1 Å². The van der Waals surface area contributed by atoms with E-state index in [-0.39, 0.29) is 11.4 Å². The topological polar surface area (TPSA) is 73.5 Å². The summed E-state index contributed by atoms with van der Waals surface area (Å²) >= 11 is 0. The molecule has 3 heterocycles. The van der Waals surface area contributed by atoms with Crippen LogP contribution in [0, 0.1) is 0 Å². The number of aromatic amines is 1. The molecule has 1 aromatic heterocycles. The summed E-state index contributed by atoms with van der Waals surface area (Å²) in [6.07, 6.45) is 7.91. The van der Waals surface area contributed by atoms with Gasteiger partial charge in [-0.05, 0) is 44.2 Å². The average molecular weight is 339 g/mol. The number of aryl methyl sites for hydroxylation is 1. The highest BCUT2D eigenvalue weighted by Crippen LogP contribution is 2.39. The van der Waals surface area contributed by atoms with Crippen LogP contribution in [-0.4, -0.2) is 59.9 Å². The van der Waals surface area contributed by atoms with Crippen molar-refractivity contribution in [3.8, 4) is 0 Å². The predicted molar refractivity (Wildman–Crippen MR) is 88.4 cm³/mol. The Hall–Kier alpha value is -1.34. The number of hydrogen-bond donors (Lipinski definition) is 1. The van der Waals surface area contributed by atoms with Gasteiger partial charge in [-0.15, -0.1) is 0 Å². The molecular weight excluding hydrogens is 314 g/mol. The zero-order valence-electron chi connectivity index (χ0n) is 13.6. The summed E-state index contributed by atoms with van der Waals surface area (Å²) in [5.41, 5.74) is 0.965. The van der Waals surface area contributed by atoms with Gasteiger partial charge in [0.2, 0.25) is 15.9 Å². The van der Waals surface area contributed by atoms with Gasteiger partial charge in [-0.25, -0.2) is 12.7 Å². The summed E-state index contributed by atoms with van der Waals surface area (Å²) < 4.78 is 24.9. The van der Waals surface area contributed by atoms with Crippen LogP contribution in [0.25, 0.3) is 0 Å². The van der Waals surface area contributed by atoms with Crippen LogP contribution < -0.4 is 0 Å². The third-order valence-electron chi connectivity index (χ3n) is 5.29. The van der Waals surface area contributed by atoms with E-state index in [4.69, 9.17) is 0 Å². The lowest BCUT2D eigenvalue weighted by Crippen LogP contribution is -2.54. The van der Waals surface area contributed by atoms with E-state index < -0.39 is 10.0 Å². The van der Waals surface area contributed by atoms with Crippen molar-refractivity contribution in [1.82, 2.24) is 14.2 Å². The molecule has 3 rings (SSSR count). The Morgan fingerprint density at radius 2 is 2.00 bits per heavy atom. The highest BCUT2D eigenvalue weighted by molar-refractivity contribution is 7.88. The smallest absolute Gasteiger partial charge is 0.223 e. The molecule has 0 radical (unpaired) electrons. The fraction of sp³-hybridized carbons (Fsp3) is 0.688. The number of rotatable bonds is 4. The SMILES string of the molecule is CS(=O)(=O)N1CCC2(CCCN2C(=O)CCc2ccc[nH]2)CC1. The number of nitrogens with one attached hydrogen (secondary N) is 1. The summed E-state index contributed by atoms with van der Waals surface area (Å²) in [7, 11) is -3.12. The zero-order valence-corrected chi connectivity index (χ0v) is 14.4. The van der Waals surface area contributed by atoms with Crippen LogP contribution in [-0.2, 0) is 21.2 Å². The second-order valence-electron chi connectivity index (χ2n) is 6.73. The number of likely N-dealkylation sites (tertiary alicyclic amines) is 1.